The van der Waals surface area contributed by atoms with Gasteiger partial charge in [-0.25, -0.2) is 8.42 Å². The number of nitriles is 1. The molecule has 0 radical (unpaired) electrons. The Bertz CT molecular complexity index is 959. The van der Waals surface area contributed by atoms with Gasteiger partial charge in [0.05, 0.1) is 28.3 Å². The van der Waals surface area contributed by atoms with Gasteiger partial charge in [-0.3, -0.25) is 9.52 Å². The predicted octanol–water partition coefficient (Wildman–Crippen LogP) is 2.27. The molecule has 0 aliphatic carbocycles. The largest absolute Gasteiger partial charge is 0.376 e. The lowest BCUT2D eigenvalue weighted by atomic mass is 10.2. The molecule has 1 fully saturated rings. The summed E-state index contributed by atoms with van der Waals surface area (Å²) in [5.74, 6) is -0.274. The molecule has 8 heteroatoms. The molecule has 1 saturated heterocycles. The highest BCUT2D eigenvalue weighted by Crippen LogP contribution is 2.18. The van der Waals surface area contributed by atoms with E-state index in [1.165, 1.54) is 30.3 Å². The molecule has 0 saturated carbocycles. The van der Waals surface area contributed by atoms with Crippen LogP contribution in [0.4, 0.5) is 5.69 Å². The molecule has 1 heterocycles. The number of hydrogen-bond acceptors (Lipinski definition) is 5. The fourth-order valence-electron chi connectivity index (χ4n) is 2.77. The molecule has 0 bridgehead atoms. The molecule has 2 aromatic rings. The third-order valence-electron chi connectivity index (χ3n) is 4.18. The van der Waals surface area contributed by atoms with Crippen molar-refractivity contribution in [2.75, 3.05) is 17.9 Å². The molecule has 27 heavy (non-hydrogen) atoms. The second-order valence-corrected chi connectivity index (χ2v) is 7.85. The Hall–Kier alpha value is -2.89. The van der Waals surface area contributed by atoms with Crippen molar-refractivity contribution in [2.45, 2.75) is 23.8 Å². The van der Waals surface area contributed by atoms with E-state index >= 15 is 0 Å². The molecule has 0 aromatic heterocycles. The summed E-state index contributed by atoms with van der Waals surface area (Å²) >= 11 is 0. The summed E-state index contributed by atoms with van der Waals surface area (Å²) in [7, 11) is -3.82. The van der Waals surface area contributed by atoms with Crippen molar-refractivity contribution >= 4 is 21.6 Å². The van der Waals surface area contributed by atoms with Crippen molar-refractivity contribution in [1.29, 1.82) is 5.26 Å². The number of ether oxygens (including phenoxy) is 1. The van der Waals surface area contributed by atoms with Crippen LogP contribution < -0.4 is 10.0 Å². The van der Waals surface area contributed by atoms with E-state index in [1.807, 2.05) is 6.07 Å². The molecular weight excluding hydrogens is 366 g/mol. The van der Waals surface area contributed by atoms with Gasteiger partial charge in [0.25, 0.3) is 15.9 Å². The first-order valence-corrected chi connectivity index (χ1v) is 9.99. The molecule has 1 amide bonds. The minimum Gasteiger partial charge on any atom is -0.376 e. The van der Waals surface area contributed by atoms with Crippen LogP contribution in [0.25, 0.3) is 0 Å². The molecule has 7 nitrogen and oxygen atoms in total. The van der Waals surface area contributed by atoms with Crippen LogP contribution in [0.3, 0.4) is 0 Å². The number of rotatable bonds is 6. The van der Waals surface area contributed by atoms with E-state index < -0.39 is 10.0 Å². The minimum atomic E-state index is -3.82. The van der Waals surface area contributed by atoms with Gasteiger partial charge in [0, 0.05) is 18.7 Å². The van der Waals surface area contributed by atoms with Gasteiger partial charge in [-0.2, -0.15) is 5.26 Å². The van der Waals surface area contributed by atoms with Crippen LogP contribution >= 0.6 is 0 Å². The number of hydrogen-bond donors (Lipinski definition) is 2. The summed E-state index contributed by atoms with van der Waals surface area (Å²) in [5, 5.41) is 11.7. The van der Waals surface area contributed by atoms with Crippen molar-refractivity contribution in [3.8, 4) is 6.07 Å². The molecule has 1 aliphatic heterocycles. The Morgan fingerprint density at radius 1 is 1.22 bits per heavy atom. The fraction of sp³-hybridized carbons (Fsp3) is 0.263. The van der Waals surface area contributed by atoms with Crippen molar-refractivity contribution in [1.82, 2.24) is 5.32 Å². The zero-order chi connectivity index (χ0) is 19.3. The molecule has 1 aliphatic rings. The van der Waals surface area contributed by atoms with Gasteiger partial charge in [-0.1, -0.05) is 6.07 Å². The Kier molecular flexibility index (Phi) is 5.74. The highest BCUT2D eigenvalue weighted by atomic mass is 32.2. The monoisotopic (exact) mass is 385 g/mol. The Balaban J connectivity index is 1.66. The summed E-state index contributed by atoms with van der Waals surface area (Å²) in [6, 6.07) is 13.8. The van der Waals surface area contributed by atoms with Gasteiger partial charge in [-0.05, 0) is 55.3 Å². The first-order valence-electron chi connectivity index (χ1n) is 8.51. The Morgan fingerprint density at radius 3 is 2.67 bits per heavy atom. The van der Waals surface area contributed by atoms with Crippen molar-refractivity contribution < 1.29 is 17.9 Å². The quantitative estimate of drug-likeness (QED) is 0.793. The van der Waals surface area contributed by atoms with Crippen LogP contribution in [-0.2, 0) is 14.8 Å². The van der Waals surface area contributed by atoms with E-state index in [4.69, 9.17) is 10.00 Å². The van der Waals surface area contributed by atoms with Crippen LogP contribution in [0.5, 0.6) is 0 Å². The average molecular weight is 385 g/mol. The van der Waals surface area contributed by atoms with E-state index in [9.17, 15) is 13.2 Å². The molecule has 3 rings (SSSR count). The fourth-order valence-corrected chi connectivity index (χ4v) is 3.82. The lowest BCUT2D eigenvalue weighted by Gasteiger charge is -2.11. The SMILES string of the molecule is N#Cc1cccc(NS(=O)(=O)c2ccc(C(=O)NCC3CCCO3)cc2)c1. The predicted molar refractivity (Wildman–Crippen MR) is 99.7 cm³/mol. The number of benzene rings is 2. The maximum atomic E-state index is 12.5. The van der Waals surface area contributed by atoms with Gasteiger partial charge in [0.15, 0.2) is 0 Å². The highest BCUT2D eigenvalue weighted by molar-refractivity contribution is 7.92. The van der Waals surface area contributed by atoms with Gasteiger partial charge >= 0.3 is 0 Å². The third-order valence-corrected chi connectivity index (χ3v) is 5.58. The van der Waals surface area contributed by atoms with Crippen LogP contribution in [0.1, 0.15) is 28.8 Å². The maximum absolute atomic E-state index is 12.5. The Labute approximate surface area is 158 Å². The van der Waals surface area contributed by atoms with Crippen molar-refractivity contribution in [3.63, 3.8) is 0 Å². The second-order valence-electron chi connectivity index (χ2n) is 6.17. The number of anilines is 1. The number of nitrogens with zero attached hydrogens (tertiary/aromatic N) is 1. The molecule has 0 spiro atoms. The lowest BCUT2D eigenvalue weighted by Crippen LogP contribution is -2.31. The van der Waals surface area contributed by atoms with Crippen LogP contribution in [0, 0.1) is 11.3 Å². The van der Waals surface area contributed by atoms with Crippen molar-refractivity contribution in [3.05, 3.63) is 59.7 Å². The normalized spacial score (nSPS) is 16.5. The third kappa shape index (κ3) is 4.84. The van der Waals surface area contributed by atoms with Gasteiger partial charge in [-0.15, -0.1) is 0 Å². The number of carbonyl (C=O) groups excluding carboxylic acids is 1. The first kappa shape index (κ1) is 18.9. The molecule has 2 N–H and O–H groups in total. The zero-order valence-electron chi connectivity index (χ0n) is 14.5. The average Bonchev–Trinajstić information content (AvgIpc) is 3.19. The first-order chi connectivity index (χ1) is 13.0. The van der Waals surface area contributed by atoms with Gasteiger partial charge < -0.3 is 10.1 Å². The molecule has 2 aromatic carbocycles. The van der Waals surface area contributed by atoms with Gasteiger partial charge in [0.2, 0.25) is 0 Å². The summed E-state index contributed by atoms with van der Waals surface area (Å²) in [6.07, 6.45) is 1.97. The molecule has 1 unspecified atom stereocenters. The number of sulfonamides is 1. The van der Waals surface area contributed by atoms with Crippen LogP contribution in [0.15, 0.2) is 53.4 Å². The number of nitrogens with one attached hydrogen (secondary N) is 2. The lowest BCUT2D eigenvalue weighted by molar-refractivity contribution is 0.0857. The highest BCUT2D eigenvalue weighted by Gasteiger charge is 2.18. The van der Waals surface area contributed by atoms with E-state index in [2.05, 4.69) is 10.0 Å². The summed E-state index contributed by atoms with van der Waals surface area (Å²) in [5.41, 5.74) is 1.03. The topological polar surface area (TPSA) is 108 Å². The molecule has 140 valence electrons. The van der Waals surface area contributed by atoms with E-state index in [0.29, 0.717) is 23.4 Å². The Morgan fingerprint density at radius 2 is 2.00 bits per heavy atom. The number of amides is 1. The van der Waals surface area contributed by atoms with E-state index in [0.717, 1.165) is 19.4 Å². The van der Waals surface area contributed by atoms with Crippen LogP contribution in [0.2, 0.25) is 0 Å². The second kappa shape index (κ2) is 8.20. The van der Waals surface area contributed by atoms with Crippen LogP contribution in [-0.4, -0.2) is 33.6 Å². The summed E-state index contributed by atoms with van der Waals surface area (Å²) in [4.78, 5) is 12.2. The maximum Gasteiger partial charge on any atom is 0.261 e. The van der Waals surface area contributed by atoms with Crippen molar-refractivity contribution in [2.24, 2.45) is 0 Å². The smallest absolute Gasteiger partial charge is 0.261 e. The number of carbonyl (C=O) groups is 1. The molecule has 1 atom stereocenters. The van der Waals surface area contributed by atoms with E-state index in [1.54, 1.807) is 18.2 Å². The zero-order valence-corrected chi connectivity index (χ0v) is 15.3. The standard InChI is InChI=1S/C19H19N3O4S/c20-12-14-3-1-4-16(11-14)22-27(24,25)18-8-6-15(7-9-18)19(23)21-13-17-5-2-10-26-17/h1,3-4,6-9,11,17,22H,2,5,10,13H2,(H,21,23). The van der Waals surface area contributed by atoms with E-state index in [-0.39, 0.29) is 16.9 Å². The molecular formula is C19H19N3O4S. The summed E-state index contributed by atoms with van der Waals surface area (Å²) in [6.45, 7) is 1.16. The van der Waals surface area contributed by atoms with Gasteiger partial charge in [0.1, 0.15) is 0 Å². The minimum absolute atomic E-state index is 0.0283. The summed E-state index contributed by atoms with van der Waals surface area (Å²) < 4.78 is 32.8.